The Morgan fingerprint density at radius 2 is 1.64 bits per heavy atom. The number of amides is 1. The van der Waals surface area contributed by atoms with Crippen LogP contribution in [0.25, 0.3) is 0 Å². The van der Waals surface area contributed by atoms with Crippen LogP contribution in [0.15, 0.2) is 77.7 Å². The van der Waals surface area contributed by atoms with Crippen LogP contribution < -0.4 is 14.4 Å². The summed E-state index contributed by atoms with van der Waals surface area (Å²) in [6, 6.07) is 19.9. The summed E-state index contributed by atoms with van der Waals surface area (Å²) < 4.78 is 33.5. The number of halogens is 1. The minimum atomic E-state index is -4.04. The average Bonchev–Trinajstić information content (AvgIpc) is 2.79. The normalized spacial score (nSPS) is 11.3. The lowest BCUT2D eigenvalue weighted by molar-refractivity contribution is -0.114. The van der Waals surface area contributed by atoms with Gasteiger partial charge in [-0.3, -0.25) is 9.10 Å². The highest BCUT2D eigenvalue weighted by atomic mass is 35.5. The van der Waals surface area contributed by atoms with Crippen molar-refractivity contribution in [1.82, 2.24) is 0 Å². The number of rotatable bonds is 9. The first-order valence-electron chi connectivity index (χ1n) is 10.6. The van der Waals surface area contributed by atoms with Gasteiger partial charge in [0.25, 0.3) is 10.0 Å². The molecule has 0 heterocycles. The summed E-state index contributed by atoms with van der Waals surface area (Å²) in [5.74, 6) is 0.358. The van der Waals surface area contributed by atoms with E-state index < -0.39 is 22.5 Å². The highest BCUT2D eigenvalue weighted by molar-refractivity contribution is 7.92. The summed E-state index contributed by atoms with van der Waals surface area (Å²) in [7, 11) is -4.04. The fraction of sp³-hybridized carbons (Fsp3) is 0.240. The second kappa shape index (κ2) is 10.7. The molecule has 0 saturated carbocycles. The zero-order valence-electron chi connectivity index (χ0n) is 18.8. The lowest BCUT2D eigenvalue weighted by Crippen LogP contribution is -2.38. The SMILES string of the molecule is CCOc1ccc(N(CC(=O)Nc2ccccc2C(C)C)S(=O)(=O)c2ccc(Cl)cc2)cc1. The molecule has 174 valence electrons. The van der Waals surface area contributed by atoms with Crippen LogP contribution >= 0.6 is 11.6 Å². The van der Waals surface area contributed by atoms with Crippen molar-refractivity contribution in [1.29, 1.82) is 0 Å². The molecule has 0 saturated heterocycles. The molecule has 0 unspecified atom stereocenters. The summed E-state index contributed by atoms with van der Waals surface area (Å²) in [6.45, 7) is 6.02. The Morgan fingerprint density at radius 3 is 2.24 bits per heavy atom. The zero-order chi connectivity index (χ0) is 24.0. The lowest BCUT2D eigenvalue weighted by Gasteiger charge is -2.25. The highest BCUT2D eigenvalue weighted by Gasteiger charge is 2.27. The standard InChI is InChI=1S/C25H27ClN2O4S/c1-4-32-21-13-11-20(12-14-21)28(33(30,31)22-15-9-19(26)10-16-22)17-25(29)27-24-8-6-5-7-23(24)18(2)3/h5-16,18H,4,17H2,1-3H3,(H,27,29). The van der Waals surface area contributed by atoms with Crippen LogP contribution in [0.1, 0.15) is 32.3 Å². The van der Waals surface area contributed by atoms with Gasteiger partial charge in [0.1, 0.15) is 12.3 Å². The number of sulfonamides is 1. The van der Waals surface area contributed by atoms with Gasteiger partial charge in [0.15, 0.2) is 0 Å². The zero-order valence-corrected chi connectivity index (χ0v) is 20.4. The number of ether oxygens (including phenoxy) is 1. The minimum absolute atomic E-state index is 0.0381. The molecule has 3 rings (SSSR count). The number of carbonyl (C=O) groups is 1. The van der Waals surface area contributed by atoms with E-state index in [1.54, 1.807) is 24.3 Å². The van der Waals surface area contributed by atoms with Gasteiger partial charge in [-0.25, -0.2) is 8.42 Å². The maximum absolute atomic E-state index is 13.5. The first-order chi connectivity index (χ1) is 15.7. The predicted octanol–water partition coefficient (Wildman–Crippen LogP) is 5.70. The molecule has 0 radical (unpaired) electrons. The Morgan fingerprint density at radius 1 is 1.00 bits per heavy atom. The Hall–Kier alpha value is -3.03. The van der Waals surface area contributed by atoms with E-state index >= 15 is 0 Å². The van der Waals surface area contributed by atoms with Crippen molar-refractivity contribution in [2.45, 2.75) is 31.6 Å². The molecule has 0 aliphatic rings. The van der Waals surface area contributed by atoms with Crippen LogP contribution in [0.2, 0.25) is 5.02 Å². The highest BCUT2D eigenvalue weighted by Crippen LogP contribution is 2.28. The largest absolute Gasteiger partial charge is 0.494 e. The van der Waals surface area contributed by atoms with E-state index in [1.165, 1.54) is 24.3 Å². The molecule has 0 aliphatic carbocycles. The van der Waals surface area contributed by atoms with Gasteiger partial charge in [0.2, 0.25) is 5.91 Å². The third-order valence-corrected chi connectivity index (χ3v) is 7.02. The summed E-state index contributed by atoms with van der Waals surface area (Å²) in [5, 5.41) is 3.29. The quantitative estimate of drug-likeness (QED) is 0.421. The van der Waals surface area contributed by atoms with Crippen LogP contribution in [-0.2, 0) is 14.8 Å². The fourth-order valence-electron chi connectivity index (χ4n) is 3.36. The van der Waals surface area contributed by atoms with E-state index in [0.29, 0.717) is 28.8 Å². The average molecular weight is 487 g/mol. The van der Waals surface area contributed by atoms with Crippen molar-refractivity contribution >= 4 is 38.9 Å². The van der Waals surface area contributed by atoms with Crippen LogP contribution in [-0.4, -0.2) is 27.5 Å². The third-order valence-electron chi connectivity index (χ3n) is 4.98. The molecule has 3 aromatic carbocycles. The fourth-order valence-corrected chi connectivity index (χ4v) is 4.91. The Labute approximate surface area is 200 Å². The van der Waals surface area contributed by atoms with E-state index in [9.17, 15) is 13.2 Å². The van der Waals surface area contributed by atoms with Crippen LogP contribution in [0, 0.1) is 0 Å². The number of para-hydroxylation sites is 1. The van der Waals surface area contributed by atoms with Crippen LogP contribution in [0.5, 0.6) is 5.75 Å². The molecule has 0 aliphatic heterocycles. The number of anilines is 2. The minimum Gasteiger partial charge on any atom is -0.494 e. The topological polar surface area (TPSA) is 75.7 Å². The maximum Gasteiger partial charge on any atom is 0.264 e. The molecule has 0 spiro atoms. The van der Waals surface area contributed by atoms with Gasteiger partial charge in [-0.05, 0) is 73.0 Å². The van der Waals surface area contributed by atoms with Crippen molar-refractivity contribution < 1.29 is 17.9 Å². The van der Waals surface area contributed by atoms with Gasteiger partial charge in [0.05, 0.1) is 17.2 Å². The first kappa shape index (κ1) is 24.6. The van der Waals surface area contributed by atoms with Crippen molar-refractivity contribution in [2.24, 2.45) is 0 Å². The number of hydrogen-bond donors (Lipinski definition) is 1. The van der Waals surface area contributed by atoms with Crippen molar-refractivity contribution in [2.75, 3.05) is 22.8 Å². The molecule has 0 fully saturated rings. The lowest BCUT2D eigenvalue weighted by atomic mass is 10.0. The number of benzene rings is 3. The monoisotopic (exact) mass is 486 g/mol. The smallest absolute Gasteiger partial charge is 0.264 e. The Balaban J connectivity index is 1.95. The molecule has 1 N–H and O–H groups in total. The Kier molecular flexibility index (Phi) is 8.00. The maximum atomic E-state index is 13.5. The molecule has 0 aromatic heterocycles. The van der Waals surface area contributed by atoms with Crippen molar-refractivity contribution in [3.8, 4) is 5.75 Å². The summed E-state index contributed by atoms with van der Waals surface area (Å²) >= 11 is 5.93. The van der Waals surface area contributed by atoms with Gasteiger partial charge >= 0.3 is 0 Å². The second-order valence-electron chi connectivity index (χ2n) is 7.68. The predicted molar refractivity (Wildman–Crippen MR) is 133 cm³/mol. The molecular formula is C25H27ClN2O4S. The van der Waals surface area contributed by atoms with Gasteiger partial charge in [0, 0.05) is 10.7 Å². The van der Waals surface area contributed by atoms with Gasteiger partial charge in [-0.2, -0.15) is 0 Å². The summed E-state index contributed by atoms with van der Waals surface area (Å²) in [5.41, 5.74) is 1.98. The molecule has 33 heavy (non-hydrogen) atoms. The van der Waals surface area contributed by atoms with Gasteiger partial charge in [-0.15, -0.1) is 0 Å². The summed E-state index contributed by atoms with van der Waals surface area (Å²) in [4.78, 5) is 13.0. The molecule has 3 aromatic rings. The van der Waals surface area contributed by atoms with E-state index in [1.807, 2.05) is 45.0 Å². The Bertz CT molecular complexity index is 1190. The molecule has 8 heteroatoms. The van der Waals surface area contributed by atoms with Crippen molar-refractivity contribution in [3.05, 3.63) is 83.4 Å². The second-order valence-corrected chi connectivity index (χ2v) is 9.98. The molecule has 0 bridgehead atoms. The van der Waals surface area contributed by atoms with Crippen molar-refractivity contribution in [3.63, 3.8) is 0 Å². The van der Waals surface area contributed by atoms with E-state index in [0.717, 1.165) is 9.87 Å². The molecule has 6 nitrogen and oxygen atoms in total. The third kappa shape index (κ3) is 6.06. The summed E-state index contributed by atoms with van der Waals surface area (Å²) in [6.07, 6.45) is 0. The number of carbonyl (C=O) groups excluding carboxylic acids is 1. The van der Waals surface area contributed by atoms with Gasteiger partial charge < -0.3 is 10.1 Å². The first-order valence-corrected chi connectivity index (χ1v) is 12.4. The number of nitrogens with one attached hydrogen (secondary N) is 1. The van der Waals surface area contributed by atoms with E-state index in [2.05, 4.69) is 5.32 Å². The van der Waals surface area contributed by atoms with E-state index in [-0.39, 0.29) is 10.8 Å². The molecule has 1 amide bonds. The van der Waals surface area contributed by atoms with Gasteiger partial charge in [-0.1, -0.05) is 43.6 Å². The molecule has 0 atom stereocenters. The molecular weight excluding hydrogens is 460 g/mol. The number of nitrogens with zero attached hydrogens (tertiary/aromatic N) is 1. The van der Waals surface area contributed by atoms with Crippen LogP contribution in [0.3, 0.4) is 0 Å². The van der Waals surface area contributed by atoms with Crippen LogP contribution in [0.4, 0.5) is 11.4 Å². The van der Waals surface area contributed by atoms with E-state index in [4.69, 9.17) is 16.3 Å². The number of hydrogen-bond acceptors (Lipinski definition) is 4.